The maximum absolute atomic E-state index is 5.96. The Bertz CT molecular complexity index is 2850. The maximum atomic E-state index is 5.96. The van der Waals surface area contributed by atoms with Gasteiger partial charge in [0.15, 0.2) is 0 Å². The van der Waals surface area contributed by atoms with Crippen molar-refractivity contribution in [3.63, 3.8) is 0 Å². The average molecular weight is 730 g/mol. The highest BCUT2D eigenvalue weighted by molar-refractivity contribution is 6.12. The summed E-state index contributed by atoms with van der Waals surface area (Å²) in [5.41, 5.74) is 23.8. The number of aryl methyl sites for hydroxylation is 2. The summed E-state index contributed by atoms with van der Waals surface area (Å²) in [5.74, 6) is 0. The van der Waals surface area contributed by atoms with Gasteiger partial charge >= 0.3 is 0 Å². The third-order valence-electron chi connectivity index (χ3n) is 11.2. The fourth-order valence-corrected chi connectivity index (χ4v) is 8.26. The molecule has 56 heavy (non-hydrogen) atoms. The van der Waals surface area contributed by atoms with E-state index in [0.717, 1.165) is 85.6 Å². The van der Waals surface area contributed by atoms with Crippen LogP contribution in [-0.2, 0) is 6.42 Å². The third-order valence-corrected chi connectivity index (χ3v) is 11.2. The molecule has 0 saturated carbocycles. The van der Waals surface area contributed by atoms with Gasteiger partial charge in [-0.2, -0.15) is 0 Å². The quantitative estimate of drug-likeness (QED) is 0.174. The summed E-state index contributed by atoms with van der Waals surface area (Å²) >= 11 is 0. The lowest BCUT2D eigenvalue weighted by molar-refractivity contribution is 0.938. The van der Waals surface area contributed by atoms with Crippen molar-refractivity contribution in [2.24, 2.45) is 5.73 Å². The average Bonchev–Trinajstić information content (AvgIpc) is 3.68. The number of anilines is 1. The molecule has 2 aliphatic rings. The zero-order chi connectivity index (χ0) is 39.1. The van der Waals surface area contributed by atoms with Crippen LogP contribution in [0.4, 0.5) is 5.69 Å². The molecule has 8 rings (SSSR count). The van der Waals surface area contributed by atoms with E-state index in [2.05, 4.69) is 158 Å². The van der Waals surface area contributed by atoms with Gasteiger partial charge in [-0.05, 0) is 146 Å². The molecule has 1 aliphatic heterocycles. The van der Waals surface area contributed by atoms with E-state index in [1.807, 2.05) is 42.8 Å². The van der Waals surface area contributed by atoms with Crippen LogP contribution in [0, 0.1) is 6.92 Å². The van der Waals surface area contributed by atoms with Crippen LogP contribution < -0.4 is 10.6 Å². The van der Waals surface area contributed by atoms with Crippen molar-refractivity contribution in [3.05, 3.63) is 198 Å². The number of aromatic nitrogens is 3. The smallest absolute Gasteiger partial charge is 0.0663 e. The summed E-state index contributed by atoms with van der Waals surface area (Å²) < 4.78 is 4.76. The molecule has 1 aliphatic carbocycles. The minimum Gasteiger partial charge on any atom is -0.405 e. The van der Waals surface area contributed by atoms with Crippen LogP contribution in [0.15, 0.2) is 170 Å². The van der Waals surface area contributed by atoms with Gasteiger partial charge in [-0.15, -0.1) is 0 Å². The normalized spacial score (nSPS) is 18.4. The summed E-state index contributed by atoms with van der Waals surface area (Å²) in [4.78, 5) is 6.69. The van der Waals surface area contributed by atoms with E-state index in [4.69, 9.17) is 5.73 Å². The molecule has 0 unspecified atom stereocenters. The molecule has 0 radical (unpaired) electrons. The van der Waals surface area contributed by atoms with Crippen molar-refractivity contribution >= 4 is 61.8 Å². The van der Waals surface area contributed by atoms with Gasteiger partial charge in [0.25, 0.3) is 0 Å². The summed E-state index contributed by atoms with van der Waals surface area (Å²) in [7, 11) is 0. The van der Waals surface area contributed by atoms with E-state index in [0.29, 0.717) is 0 Å². The molecule has 5 nitrogen and oxygen atoms in total. The van der Waals surface area contributed by atoms with Crippen LogP contribution in [0.3, 0.4) is 0 Å². The molecule has 0 spiro atoms. The SMILES string of the molecule is C=Cc1c(/C=C\C)n(-c2ccc3c(c2)c2cc4c(cc2n3/C(C)=C(C)/C=C\N)C2=C/N(c3cnccc3C)/C=C\C=C/C(=C)C(=C)/C=C\2CC4)c2ccccc12. The van der Waals surface area contributed by atoms with E-state index >= 15 is 0 Å². The van der Waals surface area contributed by atoms with Crippen molar-refractivity contribution < 1.29 is 0 Å². The Balaban J connectivity index is 1.44. The Labute approximate surface area is 329 Å². The van der Waals surface area contributed by atoms with Gasteiger partial charge in [0, 0.05) is 57.3 Å². The van der Waals surface area contributed by atoms with Gasteiger partial charge in [-0.1, -0.05) is 68.3 Å². The highest BCUT2D eigenvalue weighted by Crippen LogP contribution is 2.43. The van der Waals surface area contributed by atoms with E-state index < -0.39 is 0 Å². The van der Waals surface area contributed by atoms with Crippen molar-refractivity contribution in [2.75, 3.05) is 4.90 Å². The summed E-state index contributed by atoms with van der Waals surface area (Å²) in [6.45, 7) is 21.4. The second-order valence-corrected chi connectivity index (χ2v) is 14.6. The number of hydrogen-bond acceptors (Lipinski definition) is 3. The lowest BCUT2D eigenvalue weighted by Gasteiger charge is -2.27. The van der Waals surface area contributed by atoms with Crippen molar-refractivity contribution in [1.82, 2.24) is 14.1 Å². The molecule has 276 valence electrons. The number of pyridine rings is 1. The fraction of sp³-hybridized carbons (Fsp3) is 0.118. The largest absolute Gasteiger partial charge is 0.405 e. The highest BCUT2D eigenvalue weighted by Gasteiger charge is 2.25. The van der Waals surface area contributed by atoms with Crippen LogP contribution in [0.2, 0.25) is 0 Å². The first-order valence-electron chi connectivity index (χ1n) is 19.1. The second-order valence-electron chi connectivity index (χ2n) is 14.6. The van der Waals surface area contributed by atoms with Crippen LogP contribution in [0.25, 0.3) is 61.8 Å². The van der Waals surface area contributed by atoms with Gasteiger partial charge in [0.1, 0.15) is 0 Å². The minimum absolute atomic E-state index is 0.875. The summed E-state index contributed by atoms with van der Waals surface area (Å²) in [6.07, 6.45) is 28.1. The molecule has 3 aromatic heterocycles. The second kappa shape index (κ2) is 14.8. The van der Waals surface area contributed by atoms with Gasteiger partial charge in [-0.25, -0.2) is 0 Å². The number of fused-ring (bicyclic) bond motifs is 7. The number of hydrogen-bond donors (Lipinski definition) is 1. The molecule has 4 heterocycles. The highest BCUT2D eigenvalue weighted by atomic mass is 15.1. The fourth-order valence-electron chi connectivity index (χ4n) is 8.26. The van der Waals surface area contributed by atoms with Crippen LogP contribution >= 0.6 is 0 Å². The lowest BCUT2D eigenvalue weighted by Crippen LogP contribution is -2.13. The molecule has 3 aromatic carbocycles. The maximum Gasteiger partial charge on any atom is 0.0663 e. The zero-order valence-corrected chi connectivity index (χ0v) is 32.7. The first-order chi connectivity index (χ1) is 27.2. The number of benzene rings is 3. The van der Waals surface area contributed by atoms with Gasteiger partial charge < -0.3 is 19.8 Å². The standard InChI is InChI=1S/C51H47N5/c1-8-14-47-41(9-2)42-16-10-11-17-48(42)56(47)40-20-21-49-45(29-40)44-28-39-19-18-38-27-36(6)33(3)15-12-13-26-54(51-31-53-25-23-35(51)5)32-46(38)43(39)30-50(44)55(49)37(7)34(4)22-24-52/h8-17,20-32H,2-3,6,18-19,52H2,1,4-5,7H3/b14-8-,15-12-,24-22-,26-13-,37-34+,38-27-,46-32+. The Kier molecular flexibility index (Phi) is 9.53. The predicted octanol–water partition coefficient (Wildman–Crippen LogP) is 12.8. The number of rotatable bonds is 6. The van der Waals surface area contributed by atoms with Crippen molar-refractivity contribution in [3.8, 4) is 5.69 Å². The monoisotopic (exact) mass is 729 g/mol. The first kappa shape index (κ1) is 36.1. The first-order valence-corrected chi connectivity index (χ1v) is 19.1. The van der Waals surface area contributed by atoms with E-state index in [1.54, 1.807) is 6.20 Å². The molecule has 0 amide bonds. The lowest BCUT2D eigenvalue weighted by atomic mass is 9.82. The molecule has 0 atom stereocenters. The van der Waals surface area contributed by atoms with Crippen LogP contribution in [0.1, 0.15) is 55.1 Å². The minimum atomic E-state index is 0.875. The number of allylic oxidation sites excluding steroid dienone is 12. The predicted molar refractivity (Wildman–Crippen MR) is 241 cm³/mol. The number of nitrogens with two attached hydrogens (primary N) is 1. The van der Waals surface area contributed by atoms with E-state index in [-0.39, 0.29) is 0 Å². The molecule has 0 saturated heterocycles. The summed E-state index contributed by atoms with van der Waals surface area (Å²) in [5, 5.41) is 3.59. The summed E-state index contributed by atoms with van der Waals surface area (Å²) in [6, 6.07) is 22.3. The molecule has 2 N–H and O–H groups in total. The van der Waals surface area contributed by atoms with Crippen molar-refractivity contribution in [2.45, 2.75) is 40.5 Å². The molecule has 0 fully saturated rings. The topological polar surface area (TPSA) is 52.0 Å². The molecular formula is C51H47N5. The van der Waals surface area contributed by atoms with Gasteiger partial charge in [0.05, 0.1) is 34.1 Å². The third kappa shape index (κ3) is 6.11. The molecule has 5 heteroatoms. The van der Waals surface area contributed by atoms with Crippen LogP contribution in [0.5, 0.6) is 0 Å². The van der Waals surface area contributed by atoms with E-state index in [9.17, 15) is 0 Å². The Morgan fingerprint density at radius 3 is 2.50 bits per heavy atom. The zero-order valence-electron chi connectivity index (χ0n) is 32.7. The Morgan fingerprint density at radius 2 is 1.71 bits per heavy atom. The number of para-hydroxylation sites is 1. The van der Waals surface area contributed by atoms with Crippen molar-refractivity contribution in [1.29, 1.82) is 0 Å². The van der Waals surface area contributed by atoms with Crippen LogP contribution in [-0.4, -0.2) is 14.1 Å². The number of nitrogens with zero attached hydrogens (tertiary/aromatic N) is 4. The van der Waals surface area contributed by atoms with E-state index in [1.165, 1.54) is 32.9 Å². The van der Waals surface area contributed by atoms with Gasteiger partial charge in [0.2, 0.25) is 0 Å². The molecular weight excluding hydrogens is 683 g/mol. The van der Waals surface area contributed by atoms with Gasteiger partial charge in [-0.3, -0.25) is 4.98 Å². The molecule has 6 aromatic rings. The molecule has 0 bridgehead atoms. The Morgan fingerprint density at radius 1 is 0.893 bits per heavy atom. The Hall–Kier alpha value is -6.85.